The number of hydrogen-bond donors (Lipinski definition) is 1. The minimum Gasteiger partial charge on any atom is -0.494 e. The topological polar surface area (TPSA) is 57.6 Å². The Morgan fingerprint density at radius 3 is 2.53 bits per heavy atom. The van der Waals surface area contributed by atoms with Gasteiger partial charge in [0.15, 0.2) is 0 Å². The Balaban J connectivity index is 1.99. The van der Waals surface area contributed by atoms with Gasteiger partial charge in [0.2, 0.25) is 0 Å². The monoisotopic (exact) mass is 261 g/mol. The summed E-state index contributed by atoms with van der Waals surface area (Å²) in [7, 11) is 0. The third-order valence-corrected chi connectivity index (χ3v) is 2.79. The zero-order valence-corrected chi connectivity index (χ0v) is 11.3. The van der Waals surface area contributed by atoms with Gasteiger partial charge in [-0.15, -0.1) is 0 Å². The largest absolute Gasteiger partial charge is 0.494 e. The maximum atomic E-state index is 5.68. The van der Waals surface area contributed by atoms with Gasteiger partial charge in [-0.2, -0.15) is 0 Å². The van der Waals surface area contributed by atoms with Gasteiger partial charge in [0.05, 0.1) is 6.61 Å². The second-order valence-corrected chi connectivity index (χ2v) is 4.19. The molecule has 0 bridgehead atoms. The molecule has 0 radical (unpaired) electrons. The van der Waals surface area contributed by atoms with E-state index in [9.17, 15) is 0 Å². The summed E-state index contributed by atoms with van der Waals surface area (Å²) >= 11 is 0. The predicted octanol–water partition coefficient (Wildman–Crippen LogP) is 3.02. The highest BCUT2D eigenvalue weighted by Gasteiger charge is 2.06. The molecule has 2 rings (SSSR count). The normalized spacial score (nSPS) is 10.5. The summed E-state index contributed by atoms with van der Waals surface area (Å²) in [5.41, 5.74) is 6.62. The third kappa shape index (κ3) is 3.51. The van der Waals surface area contributed by atoms with Crippen molar-refractivity contribution in [3.63, 3.8) is 0 Å². The lowest BCUT2D eigenvalue weighted by Gasteiger charge is -2.07. The quantitative estimate of drug-likeness (QED) is 0.868. The number of nitrogens with two attached hydrogens (primary N) is 1. The van der Waals surface area contributed by atoms with Crippen molar-refractivity contribution in [2.24, 2.45) is 5.73 Å². The van der Waals surface area contributed by atoms with Crippen molar-refractivity contribution >= 4 is 0 Å². The smallest absolute Gasteiger partial charge is 0.146 e. The van der Waals surface area contributed by atoms with Crippen molar-refractivity contribution in [3.05, 3.63) is 47.4 Å². The SMILES string of the molecule is CCOc1cccc(OCc2cc(CN)c(C)o2)c1. The number of benzene rings is 1. The lowest BCUT2D eigenvalue weighted by atomic mass is 10.2. The summed E-state index contributed by atoms with van der Waals surface area (Å²) < 4.78 is 16.7. The number of rotatable bonds is 6. The first-order chi connectivity index (χ1) is 9.22. The Morgan fingerprint density at radius 2 is 1.89 bits per heavy atom. The van der Waals surface area contributed by atoms with Crippen LogP contribution < -0.4 is 15.2 Å². The maximum absolute atomic E-state index is 5.68. The van der Waals surface area contributed by atoms with Gasteiger partial charge in [-0.3, -0.25) is 0 Å². The molecule has 0 aliphatic carbocycles. The second kappa shape index (κ2) is 6.29. The Hall–Kier alpha value is -1.94. The molecule has 0 saturated carbocycles. The molecule has 0 unspecified atom stereocenters. The number of hydrogen-bond acceptors (Lipinski definition) is 4. The summed E-state index contributed by atoms with van der Waals surface area (Å²) in [6.07, 6.45) is 0. The molecule has 102 valence electrons. The third-order valence-electron chi connectivity index (χ3n) is 2.79. The summed E-state index contributed by atoms with van der Waals surface area (Å²) in [6.45, 7) is 5.36. The molecule has 0 aliphatic heterocycles. The number of ether oxygens (including phenoxy) is 2. The molecular formula is C15H19NO3. The molecule has 0 amide bonds. The average molecular weight is 261 g/mol. The van der Waals surface area contributed by atoms with Crippen LogP contribution in [0, 0.1) is 6.92 Å². The molecule has 1 aromatic heterocycles. The van der Waals surface area contributed by atoms with Crippen LogP contribution in [0.2, 0.25) is 0 Å². The van der Waals surface area contributed by atoms with Crippen molar-refractivity contribution in [3.8, 4) is 11.5 Å². The second-order valence-electron chi connectivity index (χ2n) is 4.19. The van der Waals surface area contributed by atoms with Gasteiger partial charge in [0.1, 0.15) is 29.6 Å². The average Bonchev–Trinajstić information content (AvgIpc) is 2.78. The van der Waals surface area contributed by atoms with Crippen molar-refractivity contribution in [2.45, 2.75) is 27.0 Å². The summed E-state index contributed by atoms with van der Waals surface area (Å²) in [5.74, 6) is 3.19. The van der Waals surface area contributed by atoms with Crippen LogP contribution in [-0.4, -0.2) is 6.61 Å². The van der Waals surface area contributed by atoms with Crippen molar-refractivity contribution < 1.29 is 13.9 Å². The Labute approximate surface area is 113 Å². The molecular weight excluding hydrogens is 242 g/mol. The van der Waals surface area contributed by atoms with Gasteiger partial charge in [0.25, 0.3) is 0 Å². The molecule has 2 aromatic rings. The van der Waals surface area contributed by atoms with E-state index in [2.05, 4.69) is 0 Å². The zero-order valence-electron chi connectivity index (χ0n) is 11.3. The van der Waals surface area contributed by atoms with Gasteiger partial charge in [-0.1, -0.05) is 6.07 Å². The Bertz CT molecular complexity index is 534. The van der Waals surface area contributed by atoms with Crippen LogP contribution in [0.25, 0.3) is 0 Å². The van der Waals surface area contributed by atoms with E-state index in [-0.39, 0.29) is 0 Å². The van der Waals surface area contributed by atoms with Crippen molar-refractivity contribution in [2.75, 3.05) is 6.61 Å². The molecule has 4 nitrogen and oxygen atoms in total. The van der Waals surface area contributed by atoms with E-state index in [1.54, 1.807) is 0 Å². The van der Waals surface area contributed by atoms with Gasteiger partial charge in [0, 0.05) is 18.2 Å². The van der Waals surface area contributed by atoms with Crippen LogP contribution in [0.3, 0.4) is 0 Å². The molecule has 0 fully saturated rings. The fourth-order valence-electron chi connectivity index (χ4n) is 1.84. The minimum atomic E-state index is 0.385. The highest BCUT2D eigenvalue weighted by Crippen LogP contribution is 2.21. The first-order valence-corrected chi connectivity index (χ1v) is 6.37. The molecule has 0 aliphatic rings. The molecule has 4 heteroatoms. The molecule has 0 spiro atoms. The molecule has 19 heavy (non-hydrogen) atoms. The van der Waals surface area contributed by atoms with E-state index in [1.165, 1.54) is 0 Å². The first-order valence-electron chi connectivity index (χ1n) is 6.37. The standard InChI is InChI=1S/C15H19NO3/c1-3-17-13-5-4-6-14(8-13)18-10-15-7-12(9-16)11(2)19-15/h4-8H,3,9-10,16H2,1-2H3. The van der Waals surface area contributed by atoms with E-state index in [4.69, 9.17) is 19.6 Å². The predicted molar refractivity (Wildman–Crippen MR) is 73.3 cm³/mol. The minimum absolute atomic E-state index is 0.385. The van der Waals surface area contributed by atoms with E-state index < -0.39 is 0 Å². The molecule has 1 aromatic carbocycles. The van der Waals surface area contributed by atoms with Crippen molar-refractivity contribution in [1.82, 2.24) is 0 Å². The van der Waals surface area contributed by atoms with Gasteiger partial charge >= 0.3 is 0 Å². The Morgan fingerprint density at radius 1 is 1.16 bits per heavy atom. The van der Waals surface area contributed by atoms with Crippen LogP contribution in [0.1, 0.15) is 24.0 Å². The van der Waals surface area contributed by atoms with Crippen LogP contribution in [0.5, 0.6) is 11.5 Å². The van der Waals surface area contributed by atoms with E-state index in [1.807, 2.05) is 44.2 Å². The molecule has 2 N–H and O–H groups in total. The highest BCUT2D eigenvalue weighted by molar-refractivity contribution is 5.33. The first kappa shape index (κ1) is 13.5. The highest BCUT2D eigenvalue weighted by atomic mass is 16.5. The number of aryl methyl sites for hydroxylation is 1. The number of furan rings is 1. The van der Waals surface area contributed by atoms with E-state index in [0.717, 1.165) is 28.6 Å². The molecule has 1 heterocycles. The van der Waals surface area contributed by atoms with Crippen LogP contribution in [-0.2, 0) is 13.2 Å². The van der Waals surface area contributed by atoms with Gasteiger partial charge in [-0.05, 0) is 32.0 Å². The lowest BCUT2D eigenvalue weighted by Crippen LogP contribution is -1.96. The molecule has 0 saturated heterocycles. The van der Waals surface area contributed by atoms with Crippen LogP contribution >= 0.6 is 0 Å². The molecule has 0 atom stereocenters. The van der Waals surface area contributed by atoms with E-state index >= 15 is 0 Å². The Kier molecular flexibility index (Phi) is 4.47. The zero-order chi connectivity index (χ0) is 13.7. The van der Waals surface area contributed by atoms with Gasteiger partial charge < -0.3 is 19.6 Å². The lowest BCUT2D eigenvalue weighted by molar-refractivity contribution is 0.265. The van der Waals surface area contributed by atoms with Crippen LogP contribution in [0.4, 0.5) is 0 Å². The fourth-order valence-corrected chi connectivity index (χ4v) is 1.84. The van der Waals surface area contributed by atoms with E-state index in [0.29, 0.717) is 19.8 Å². The van der Waals surface area contributed by atoms with Gasteiger partial charge in [-0.25, -0.2) is 0 Å². The summed E-state index contributed by atoms with van der Waals surface area (Å²) in [5, 5.41) is 0. The fraction of sp³-hybridized carbons (Fsp3) is 0.333. The maximum Gasteiger partial charge on any atom is 0.146 e. The van der Waals surface area contributed by atoms with Crippen molar-refractivity contribution in [1.29, 1.82) is 0 Å². The summed E-state index contributed by atoms with van der Waals surface area (Å²) in [4.78, 5) is 0. The summed E-state index contributed by atoms with van der Waals surface area (Å²) in [6, 6.07) is 9.49. The van der Waals surface area contributed by atoms with Crippen LogP contribution in [0.15, 0.2) is 34.7 Å².